The van der Waals surface area contributed by atoms with Crippen LogP contribution in [0, 0.1) is 11.8 Å². The van der Waals surface area contributed by atoms with Gasteiger partial charge in [0.05, 0.1) is 17.6 Å². The van der Waals surface area contributed by atoms with E-state index in [9.17, 15) is 10.2 Å². The van der Waals surface area contributed by atoms with Gasteiger partial charge < -0.3 is 30.7 Å². The number of ether oxygens (including phenoxy) is 1. The Kier molecular flexibility index (Phi) is 4.81. The number of hydrogen-bond donors (Lipinski definition) is 5. The minimum atomic E-state index is -0.881. The molecule has 0 bridgehead atoms. The Morgan fingerprint density at radius 2 is 2.03 bits per heavy atom. The highest BCUT2D eigenvalue weighted by Gasteiger charge is 2.68. The molecule has 0 spiro atoms. The average molecular weight is 403 g/mol. The van der Waals surface area contributed by atoms with E-state index in [-0.39, 0.29) is 24.5 Å². The van der Waals surface area contributed by atoms with Crippen LogP contribution in [0.15, 0.2) is 12.1 Å². The molecule has 1 aromatic carbocycles. The number of nitrogens with one attached hydrogen (secondary N) is 2. The predicted octanol–water partition coefficient (Wildman–Crippen LogP) is 1.45. The standard InChI is InChI=1S/C23H34N2O4/c1-22-19-16-4-5-17(27)20(19)29-21(22)15(7-9-24-10-11-26)6-8-23(22,28)18(12-16)25-13-14-2-3-14/h4-5,14-15,18,21,24-28H,2-3,6-13H2,1H3/t15?,18-,21+,22+,23-/m0/s1. The number of phenolic OH excluding ortho intramolecular Hbond substituents is 1. The van der Waals surface area contributed by atoms with Crippen LogP contribution in [0.5, 0.6) is 11.5 Å². The van der Waals surface area contributed by atoms with Crippen LogP contribution < -0.4 is 15.4 Å². The van der Waals surface area contributed by atoms with Crippen molar-refractivity contribution < 1.29 is 20.1 Å². The third-order valence-electron chi connectivity index (χ3n) is 8.11. The number of rotatable bonds is 8. The molecule has 2 fully saturated rings. The van der Waals surface area contributed by atoms with Crippen LogP contribution >= 0.6 is 0 Å². The maximum Gasteiger partial charge on any atom is 0.165 e. The lowest BCUT2D eigenvalue weighted by Gasteiger charge is -2.57. The molecule has 1 unspecified atom stereocenters. The molecule has 6 nitrogen and oxygen atoms in total. The Balaban J connectivity index is 1.49. The molecule has 1 heterocycles. The second-order valence-corrected chi connectivity index (χ2v) is 9.78. The molecule has 1 aliphatic heterocycles. The van der Waals surface area contributed by atoms with Gasteiger partial charge in [0, 0.05) is 18.2 Å². The maximum absolute atomic E-state index is 12.1. The largest absolute Gasteiger partial charge is 0.504 e. The molecule has 4 aliphatic rings. The number of benzene rings is 1. The van der Waals surface area contributed by atoms with Gasteiger partial charge in [-0.2, -0.15) is 0 Å². The molecule has 0 radical (unpaired) electrons. The number of aliphatic hydroxyl groups is 2. The Labute approximate surface area is 172 Å². The Morgan fingerprint density at radius 1 is 1.21 bits per heavy atom. The summed E-state index contributed by atoms with van der Waals surface area (Å²) in [5, 5.41) is 38.7. The minimum Gasteiger partial charge on any atom is -0.504 e. The zero-order valence-corrected chi connectivity index (χ0v) is 17.3. The molecular weight excluding hydrogens is 368 g/mol. The van der Waals surface area contributed by atoms with Crippen LogP contribution in [0.4, 0.5) is 0 Å². The molecule has 2 saturated carbocycles. The van der Waals surface area contributed by atoms with Crippen molar-refractivity contribution >= 4 is 0 Å². The lowest BCUT2D eigenvalue weighted by atomic mass is 9.51. The van der Waals surface area contributed by atoms with Gasteiger partial charge in [0.1, 0.15) is 6.10 Å². The van der Waals surface area contributed by atoms with E-state index in [1.54, 1.807) is 6.07 Å². The fourth-order valence-corrected chi connectivity index (χ4v) is 6.29. The summed E-state index contributed by atoms with van der Waals surface area (Å²) in [4.78, 5) is 0. The lowest BCUT2D eigenvalue weighted by molar-refractivity contribution is -0.143. The van der Waals surface area contributed by atoms with Crippen molar-refractivity contribution in [2.75, 3.05) is 26.2 Å². The van der Waals surface area contributed by atoms with Crippen LogP contribution in [0.25, 0.3) is 0 Å². The van der Waals surface area contributed by atoms with Crippen molar-refractivity contribution in [1.29, 1.82) is 0 Å². The van der Waals surface area contributed by atoms with Crippen molar-refractivity contribution in [2.24, 2.45) is 11.8 Å². The van der Waals surface area contributed by atoms with E-state index in [1.807, 2.05) is 6.07 Å². The normalized spacial score (nSPS) is 37.3. The van der Waals surface area contributed by atoms with Gasteiger partial charge >= 0.3 is 0 Å². The molecule has 6 heteroatoms. The summed E-state index contributed by atoms with van der Waals surface area (Å²) in [6.45, 7) is 4.68. The number of hydrogen-bond acceptors (Lipinski definition) is 6. The molecule has 5 atom stereocenters. The first kappa shape index (κ1) is 19.6. The summed E-state index contributed by atoms with van der Waals surface area (Å²) in [5.74, 6) is 1.83. The van der Waals surface area contributed by atoms with Gasteiger partial charge in [0.25, 0.3) is 0 Å². The van der Waals surface area contributed by atoms with E-state index < -0.39 is 11.0 Å². The van der Waals surface area contributed by atoms with Gasteiger partial charge in [-0.05, 0) is 82.0 Å². The second kappa shape index (κ2) is 7.12. The van der Waals surface area contributed by atoms with Gasteiger partial charge in [-0.25, -0.2) is 0 Å². The summed E-state index contributed by atoms with van der Waals surface area (Å²) in [7, 11) is 0. The van der Waals surface area contributed by atoms with Gasteiger partial charge in [-0.3, -0.25) is 0 Å². The van der Waals surface area contributed by atoms with Crippen molar-refractivity contribution in [2.45, 2.75) is 68.6 Å². The molecular formula is C23H34N2O4. The SMILES string of the molecule is C[C@@]12c3c4ccc(O)c3O[C@@H]1C(CCNCCO)CC[C@]2(O)[C@@H](NCC1CC1)C4. The minimum absolute atomic E-state index is 0.00987. The maximum atomic E-state index is 12.1. The van der Waals surface area contributed by atoms with Crippen molar-refractivity contribution in [3.63, 3.8) is 0 Å². The molecule has 0 aromatic heterocycles. The Hall–Kier alpha value is -1.34. The first-order valence-corrected chi connectivity index (χ1v) is 11.3. The zero-order valence-electron chi connectivity index (χ0n) is 17.3. The fourth-order valence-electron chi connectivity index (χ4n) is 6.29. The van der Waals surface area contributed by atoms with Crippen molar-refractivity contribution in [1.82, 2.24) is 10.6 Å². The number of phenols is 1. The Morgan fingerprint density at radius 3 is 2.79 bits per heavy atom. The molecule has 0 amide bonds. The number of aliphatic hydroxyl groups excluding tert-OH is 1. The highest BCUT2D eigenvalue weighted by molar-refractivity contribution is 5.61. The third kappa shape index (κ3) is 2.91. The molecule has 1 aromatic rings. The van der Waals surface area contributed by atoms with E-state index in [1.165, 1.54) is 18.4 Å². The topological polar surface area (TPSA) is 94.0 Å². The number of aromatic hydroxyl groups is 1. The van der Waals surface area contributed by atoms with E-state index >= 15 is 0 Å². The van der Waals surface area contributed by atoms with Crippen LogP contribution in [0.1, 0.15) is 50.2 Å². The molecule has 5 rings (SSSR count). The van der Waals surface area contributed by atoms with Crippen LogP contribution in [-0.2, 0) is 11.8 Å². The smallest absolute Gasteiger partial charge is 0.165 e. The molecule has 0 saturated heterocycles. The van der Waals surface area contributed by atoms with Gasteiger partial charge in [0.2, 0.25) is 0 Å². The summed E-state index contributed by atoms with van der Waals surface area (Å²) >= 11 is 0. The highest BCUT2D eigenvalue weighted by Crippen LogP contribution is 2.63. The van der Waals surface area contributed by atoms with E-state index in [0.29, 0.717) is 18.2 Å². The summed E-state index contributed by atoms with van der Waals surface area (Å²) in [6, 6.07) is 3.77. The Bertz CT molecular complexity index is 782. The monoisotopic (exact) mass is 402 g/mol. The van der Waals surface area contributed by atoms with Crippen LogP contribution in [0.2, 0.25) is 0 Å². The second-order valence-electron chi connectivity index (χ2n) is 9.78. The lowest BCUT2D eigenvalue weighted by Crippen LogP contribution is -2.71. The van der Waals surface area contributed by atoms with E-state index in [0.717, 1.165) is 50.3 Å². The van der Waals surface area contributed by atoms with Crippen LogP contribution in [0.3, 0.4) is 0 Å². The highest BCUT2D eigenvalue weighted by atomic mass is 16.5. The van der Waals surface area contributed by atoms with Gasteiger partial charge in [0.15, 0.2) is 11.5 Å². The zero-order chi connectivity index (χ0) is 20.2. The summed E-state index contributed by atoms with van der Waals surface area (Å²) < 4.78 is 6.44. The first-order valence-electron chi connectivity index (χ1n) is 11.3. The first-order chi connectivity index (χ1) is 14.0. The third-order valence-corrected chi connectivity index (χ3v) is 8.11. The predicted molar refractivity (Wildman–Crippen MR) is 110 cm³/mol. The molecule has 5 N–H and O–H groups in total. The van der Waals surface area contributed by atoms with Gasteiger partial charge in [-0.15, -0.1) is 0 Å². The quantitative estimate of drug-likeness (QED) is 0.423. The van der Waals surface area contributed by atoms with Gasteiger partial charge in [-0.1, -0.05) is 6.07 Å². The molecule has 160 valence electrons. The average Bonchev–Trinajstić information content (AvgIpc) is 3.47. The fraction of sp³-hybridized carbons (Fsp3) is 0.739. The summed E-state index contributed by atoms with van der Waals surface area (Å²) in [5.41, 5.74) is 0.811. The van der Waals surface area contributed by atoms with E-state index in [2.05, 4.69) is 17.6 Å². The molecule has 29 heavy (non-hydrogen) atoms. The summed E-state index contributed by atoms with van der Waals surface area (Å²) in [6.07, 6.45) is 5.79. The van der Waals surface area contributed by atoms with E-state index in [4.69, 9.17) is 9.84 Å². The van der Waals surface area contributed by atoms with Crippen LogP contribution in [-0.4, -0.2) is 59.3 Å². The van der Waals surface area contributed by atoms with Crippen molar-refractivity contribution in [3.8, 4) is 11.5 Å². The van der Waals surface area contributed by atoms with Crippen molar-refractivity contribution in [3.05, 3.63) is 23.3 Å². The molecule has 3 aliphatic carbocycles.